The molecule has 0 aliphatic carbocycles. The molecule has 0 atom stereocenters. The molecule has 0 fully saturated rings. The summed E-state index contributed by atoms with van der Waals surface area (Å²) in [5.74, 6) is -0.225. The average Bonchev–Trinajstić information content (AvgIpc) is 3.01. The SMILES string of the molecule is O=c1c(O)cccn1CCCc1cn(-c2ccccc2)nn1. The van der Waals surface area contributed by atoms with E-state index in [1.165, 1.54) is 10.6 Å². The molecule has 2 heterocycles. The largest absolute Gasteiger partial charge is 0.503 e. The van der Waals surface area contributed by atoms with Crippen molar-refractivity contribution in [2.24, 2.45) is 0 Å². The highest BCUT2D eigenvalue weighted by Crippen LogP contribution is 2.07. The smallest absolute Gasteiger partial charge is 0.292 e. The van der Waals surface area contributed by atoms with E-state index < -0.39 is 0 Å². The van der Waals surface area contributed by atoms with Crippen LogP contribution in [0.5, 0.6) is 5.75 Å². The first-order valence-corrected chi connectivity index (χ1v) is 7.09. The molecule has 0 aliphatic rings. The number of nitrogens with zero attached hydrogens (tertiary/aromatic N) is 4. The minimum absolute atomic E-state index is 0.225. The van der Waals surface area contributed by atoms with Crippen LogP contribution in [0.15, 0.2) is 59.7 Å². The fourth-order valence-corrected chi connectivity index (χ4v) is 2.25. The lowest BCUT2D eigenvalue weighted by atomic mass is 10.2. The summed E-state index contributed by atoms with van der Waals surface area (Å²) in [7, 11) is 0. The van der Waals surface area contributed by atoms with Crippen molar-refractivity contribution in [2.45, 2.75) is 19.4 Å². The van der Waals surface area contributed by atoms with E-state index in [9.17, 15) is 9.90 Å². The maximum absolute atomic E-state index is 11.7. The number of para-hydroxylation sites is 1. The molecule has 0 saturated carbocycles. The van der Waals surface area contributed by atoms with Crippen molar-refractivity contribution in [3.8, 4) is 11.4 Å². The second-order valence-corrected chi connectivity index (χ2v) is 4.99. The van der Waals surface area contributed by atoms with Gasteiger partial charge in [0.05, 0.1) is 17.6 Å². The van der Waals surface area contributed by atoms with Gasteiger partial charge in [-0.05, 0) is 37.1 Å². The molecule has 0 unspecified atom stereocenters. The third-order valence-electron chi connectivity index (χ3n) is 3.39. The van der Waals surface area contributed by atoms with Gasteiger partial charge in [0.2, 0.25) is 0 Å². The van der Waals surface area contributed by atoms with Crippen LogP contribution in [0.1, 0.15) is 12.1 Å². The van der Waals surface area contributed by atoms with Gasteiger partial charge in [-0.3, -0.25) is 4.79 Å². The molecule has 6 nitrogen and oxygen atoms in total. The summed E-state index contributed by atoms with van der Waals surface area (Å²) in [5.41, 5.74) is 1.47. The molecule has 0 bridgehead atoms. The average molecular weight is 296 g/mol. The zero-order valence-electron chi connectivity index (χ0n) is 12.0. The topological polar surface area (TPSA) is 72.9 Å². The molecule has 22 heavy (non-hydrogen) atoms. The Hall–Kier alpha value is -2.89. The van der Waals surface area contributed by atoms with Crippen molar-refractivity contribution in [2.75, 3.05) is 0 Å². The van der Waals surface area contributed by atoms with E-state index in [0.29, 0.717) is 6.54 Å². The highest BCUT2D eigenvalue weighted by atomic mass is 16.3. The molecule has 112 valence electrons. The van der Waals surface area contributed by atoms with Crippen LogP contribution in [0.25, 0.3) is 5.69 Å². The van der Waals surface area contributed by atoms with E-state index >= 15 is 0 Å². The lowest BCUT2D eigenvalue weighted by Gasteiger charge is -2.04. The number of hydrogen-bond donors (Lipinski definition) is 1. The van der Waals surface area contributed by atoms with Crippen LogP contribution < -0.4 is 5.56 Å². The quantitative estimate of drug-likeness (QED) is 0.778. The molecule has 2 aromatic heterocycles. The fourth-order valence-electron chi connectivity index (χ4n) is 2.25. The Bertz CT molecular complexity index is 808. The number of aryl methyl sites for hydroxylation is 2. The number of rotatable bonds is 5. The summed E-state index contributed by atoms with van der Waals surface area (Å²) in [6, 6.07) is 12.8. The van der Waals surface area contributed by atoms with E-state index in [1.807, 2.05) is 36.5 Å². The zero-order chi connectivity index (χ0) is 15.4. The van der Waals surface area contributed by atoms with Gasteiger partial charge < -0.3 is 9.67 Å². The molecule has 0 spiro atoms. The maximum atomic E-state index is 11.7. The van der Waals surface area contributed by atoms with Crippen molar-refractivity contribution in [3.63, 3.8) is 0 Å². The molecular formula is C16H16N4O2. The minimum atomic E-state index is -0.365. The Morgan fingerprint density at radius 1 is 1.09 bits per heavy atom. The van der Waals surface area contributed by atoms with Gasteiger partial charge in [0.1, 0.15) is 0 Å². The molecular weight excluding hydrogens is 280 g/mol. The van der Waals surface area contributed by atoms with Crippen molar-refractivity contribution < 1.29 is 5.11 Å². The van der Waals surface area contributed by atoms with Crippen LogP contribution in [-0.4, -0.2) is 24.7 Å². The van der Waals surface area contributed by atoms with Crippen molar-refractivity contribution in [1.82, 2.24) is 19.6 Å². The van der Waals surface area contributed by atoms with E-state index in [-0.39, 0.29) is 11.3 Å². The van der Waals surface area contributed by atoms with Crippen LogP contribution in [0.4, 0.5) is 0 Å². The monoisotopic (exact) mass is 296 g/mol. The van der Waals surface area contributed by atoms with Crippen LogP contribution in [-0.2, 0) is 13.0 Å². The van der Waals surface area contributed by atoms with Crippen molar-refractivity contribution >= 4 is 0 Å². The molecule has 0 radical (unpaired) electrons. The number of pyridine rings is 1. The Morgan fingerprint density at radius 3 is 2.73 bits per heavy atom. The first-order chi connectivity index (χ1) is 10.7. The highest BCUT2D eigenvalue weighted by Gasteiger charge is 2.04. The van der Waals surface area contributed by atoms with Gasteiger partial charge in [-0.15, -0.1) is 5.10 Å². The maximum Gasteiger partial charge on any atom is 0.292 e. The van der Waals surface area contributed by atoms with E-state index in [1.54, 1.807) is 16.9 Å². The van der Waals surface area contributed by atoms with Crippen LogP contribution in [0.3, 0.4) is 0 Å². The summed E-state index contributed by atoms with van der Waals surface area (Å²) in [6.07, 6.45) is 5.02. The number of hydrogen-bond acceptors (Lipinski definition) is 4. The van der Waals surface area contributed by atoms with Gasteiger partial charge in [-0.1, -0.05) is 23.4 Å². The van der Waals surface area contributed by atoms with Crippen LogP contribution >= 0.6 is 0 Å². The summed E-state index contributed by atoms with van der Waals surface area (Å²) in [4.78, 5) is 11.7. The molecule has 1 aromatic carbocycles. The van der Waals surface area contributed by atoms with Gasteiger partial charge >= 0.3 is 0 Å². The number of aromatic hydroxyl groups is 1. The van der Waals surface area contributed by atoms with E-state index in [2.05, 4.69) is 10.3 Å². The Labute approximate surface area is 127 Å². The van der Waals surface area contributed by atoms with Crippen LogP contribution in [0.2, 0.25) is 0 Å². The van der Waals surface area contributed by atoms with E-state index in [4.69, 9.17) is 0 Å². The van der Waals surface area contributed by atoms with Gasteiger partial charge in [0, 0.05) is 12.7 Å². The molecule has 0 amide bonds. The van der Waals surface area contributed by atoms with Gasteiger partial charge in [-0.2, -0.15) is 0 Å². The molecule has 1 N–H and O–H groups in total. The molecule has 6 heteroatoms. The van der Waals surface area contributed by atoms with Crippen molar-refractivity contribution in [3.05, 3.63) is 70.9 Å². The summed E-state index contributed by atoms with van der Waals surface area (Å²) >= 11 is 0. The summed E-state index contributed by atoms with van der Waals surface area (Å²) in [6.45, 7) is 0.533. The number of benzene rings is 1. The van der Waals surface area contributed by atoms with Gasteiger partial charge in [0.25, 0.3) is 5.56 Å². The third-order valence-corrected chi connectivity index (χ3v) is 3.39. The Morgan fingerprint density at radius 2 is 1.91 bits per heavy atom. The van der Waals surface area contributed by atoms with E-state index in [0.717, 1.165) is 24.2 Å². The highest BCUT2D eigenvalue weighted by molar-refractivity contribution is 5.29. The molecule has 0 saturated heterocycles. The zero-order valence-corrected chi connectivity index (χ0v) is 12.0. The Balaban J connectivity index is 1.62. The van der Waals surface area contributed by atoms with Gasteiger partial charge in [0.15, 0.2) is 5.75 Å². The third kappa shape index (κ3) is 3.06. The Kier molecular flexibility index (Phi) is 4.00. The lowest BCUT2D eigenvalue weighted by molar-refractivity contribution is 0.455. The van der Waals surface area contributed by atoms with Crippen molar-refractivity contribution in [1.29, 1.82) is 0 Å². The van der Waals surface area contributed by atoms with Crippen LogP contribution in [0, 0.1) is 0 Å². The first kappa shape index (κ1) is 14.1. The second kappa shape index (κ2) is 6.26. The standard InChI is InChI=1S/C16H16N4O2/c21-15-9-5-11-19(16(15)22)10-4-6-13-12-20(18-17-13)14-7-2-1-3-8-14/h1-3,5,7-9,11-12,21H,4,6,10H2. The molecule has 3 aromatic rings. The predicted octanol–water partition coefficient (Wildman–Crippen LogP) is 1.77. The lowest BCUT2D eigenvalue weighted by Crippen LogP contribution is -2.18. The normalized spacial score (nSPS) is 10.7. The molecule has 3 rings (SSSR count). The fraction of sp³-hybridized carbons (Fsp3) is 0.188. The molecule has 0 aliphatic heterocycles. The first-order valence-electron chi connectivity index (χ1n) is 7.09. The predicted molar refractivity (Wildman–Crippen MR) is 82.0 cm³/mol. The summed E-state index contributed by atoms with van der Waals surface area (Å²) < 4.78 is 3.23. The summed E-state index contributed by atoms with van der Waals surface area (Å²) in [5, 5.41) is 17.6. The second-order valence-electron chi connectivity index (χ2n) is 4.99. The van der Waals surface area contributed by atoms with Gasteiger partial charge in [-0.25, -0.2) is 4.68 Å². The number of aromatic nitrogens is 4. The minimum Gasteiger partial charge on any atom is -0.503 e.